The molecule has 34 heavy (non-hydrogen) atoms. The van der Waals surface area contributed by atoms with Crippen LogP contribution in [0.15, 0.2) is 60.8 Å². The molecule has 4 heterocycles. The third-order valence-corrected chi connectivity index (χ3v) is 6.87. The Balaban J connectivity index is 1.30. The molecule has 0 N–H and O–H groups in total. The van der Waals surface area contributed by atoms with E-state index in [4.69, 9.17) is 19.8 Å². The van der Waals surface area contributed by atoms with E-state index in [0.717, 1.165) is 87.0 Å². The molecule has 0 atom stereocenters. The van der Waals surface area contributed by atoms with Crippen LogP contribution >= 0.6 is 0 Å². The van der Waals surface area contributed by atoms with Crippen molar-refractivity contribution < 1.29 is 4.74 Å². The molecule has 2 fully saturated rings. The van der Waals surface area contributed by atoms with Gasteiger partial charge in [-0.25, -0.2) is 14.6 Å². The molecule has 0 amide bonds. The van der Waals surface area contributed by atoms with Crippen molar-refractivity contribution >= 4 is 16.9 Å². The zero-order valence-corrected chi connectivity index (χ0v) is 19.3. The number of piperidine rings is 1. The van der Waals surface area contributed by atoms with Crippen LogP contribution in [0.5, 0.6) is 0 Å². The Bertz CT molecular complexity index is 1230. The standard InChI is InChI=1S/C27H29N6O/c1-3-7-21(8-4-1)20-31-13-11-23(12-14-31)33-27-24(19-28-33)26(32-15-17-34-18-16-32)29-25(30-27)22-9-5-2-6-10-22/h1,3-10,19,23H,11-18,20H2. The van der Waals surface area contributed by atoms with Crippen molar-refractivity contribution in [1.29, 1.82) is 0 Å². The van der Waals surface area contributed by atoms with Gasteiger partial charge in [-0.1, -0.05) is 54.6 Å². The van der Waals surface area contributed by atoms with Crippen LogP contribution in [-0.4, -0.2) is 64.0 Å². The summed E-state index contributed by atoms with van der Waals surface area (Å²) >= 11 is 0. The topological polar surface area (TPSA) is 59.3 Å². The van der Waals surface area contributed by atoms with E-state index in [1.807, 2.05) is 30.5 Å². The first-order chi connectivity index (χ1) is 16.8. The van der Waals surface area contributed by atoms with Crippen molar-refractivity contribution in [3.63, 3.8) is 0 Å². The van der Waals surface area contributed by atoms with Crippen LogP contribution in [0.2, 0.25) is 0 Å². The maximum atomic E-state index is 5.59. The Labute approximate surface area is 200 Å². The second-order valence-electron chi connectivity index (χ2n) is 9.08. The molecule has 6 rings (SSSR count). The monoisotopic (exact) mass is 453 g/mol. The number of fused-ring (bicyclic) bond motifs is 1. The number of nitrogens with zero attached hydrogens (tertiary/aromatic N) is 6. The number of likely N-dealkylation sites (tertiary alicyclic amines) is 1. The van der Waals surface area contributed by atoms with Crippen molar-refractivity contribution in [3.05, 3.63) is 72.4 Å². The smallest absolute Gasteiger partial charge is 0.164 e. The number of anilines is 1. The molecule has 2 aromatic carbocycles. The number of morpholine rings is 1. The summed E-state index contributed by atoms with van der Waals surface area (Å²) in [6, 6.07) is 22.0. The predicted octanol–water partition coefficient (Wildman–Crippen LogP) is 3.97. The molecule has 7 nitrogen and oxygen atoms in total. The lowest BCUT2D eigenvalue weighted by atomic mass is 10.0. The molecule has 4 aromatic rings. The molecule has 2 aliphatic rings. The van der Waals surface area contributed by atoms with Gasteiger partial charge in [-0.3, -0.25) is 4.90 Å². The largest absolute Gasteiger partial charge is 0.378 e. The molecule has 1 radical (unpaired) electrons. The van der Waals surface area contributed by atoms with Gasteiger partial charge in [0.1, 0.15) is 5.82 Å². The third kappa shape index (κ3) is 4.29. The van der Waals surface area contributed by atoms with Crippen LogP contribution in [-0.2, 0) is 11.3 Å². The third-order valence-electron chi connectivity index (χ3n) is 6.87. The highest BCUT2D eigenvalue weighted by molar-refractivity contribution is 5.89. The zero-order valence-electron chi connectivity index (χ0n) is 19.3. The van der Waals surface area contributed by atoms with Crippen LogP contribution in [0.25, 0.3) is 22.4 Å². The van der Waals surface area contributed by atoms with Crippen molar-refractivity contribution in [2.45, 2.75) is 25.4 Å². The lowest BCUT2D eigenvalue weighted by molar-refractivity contribution is 0.122. The minimum absolute atomic E-state index is 0.342. The van der Waals surface area contributed by atoms with E-state index in [1.54, 1.807) is 0 Å². The van der Waals surface area contributed by atoms with Gasteiger partial charge in [0, 0.05) is 38.3 Å². The molecule has 0 aliphatic carbocycles. The Hall–Kier alpha value is -3.29. The minimum Gasteiger partial charge on any atom is -0.378 e. The number of benzene rings is 2. The van der Waals surface area contributed by atoms with E-state index < -0.39 is 0 Å². The summed E-state index contributed by atoms with van der Waals surface area (Å²) in [7, 11) is 0. The molecule has 0 saturated carbocycles. The number of hydrogen-bond donors (Lipinski definition) is 0. The molecule has 0 spiro atoms. The summed E-state index contributed by atoms with van der Waals surface area (Å²) in [5.74, 6) is 1.70. The van der Waals surface area contributed by atoms with Gasteiger partial charge in [-0.2, -0.15) is 5.10 Å². The molecule has 173 valence electrons. The quantitative estimate of drug-likeness (QED) is 0.456. The van der Waals surface area contributed by atoms with E-state index in [1.165, 1.54) is 5.56 Å². The number of aromatic nitrogens is 4. The Kier molecular flexibility index (Phi) is 5.95. The molecule has 2 saturated heterocycles. The van der Waals surface area contributed by atoms with Crippen molar-refractivity contribution in [2.24, 2.45) is 0 Å². The maximum absolute atomic E-state index is 5.59. The summed E-state index contributed by atoms with van der Waals surface area (Å²) in [6.45, 7) is 6.22. The van der Waals surface area contributed by atoms with Gasteiger partial charge < -0.3 is 9.64 Å². The average molecular weight is 454 g/mol. The molecular formula is C27H29N6O. The molecule has 2 aliphatic heterocycles. The SMILES string of the molecule is [c]1ccc(-c2nc(N3CCOCC3)c3cnn(C4CCN(Cc5ccccc5)CC4)c3n2)cc1. The van der Waals surface area contributed by atoms with Gasteiger partial charge in [-0.15, -0.1) is 0 Å². The zero-order chi connectivity index (χ0) is 22.7. The number of rotatable bonds is 5. The Morgan fingerprint density at radius 2 is 1.68 bits per heavy atom. The van der Waals surface area contributed by atoms with Crippen LogP contribution in [0, 0.1) is 6.07 Å². The second-order valence-corrected chi connectivity index (χ2v) is 9.08. The van der Waals surface area contributed by atoms with Crippen LogP contribution in [0.1, 0.15) is 24.4 Å². The van der Waals surface area contributed by atoms with Crippen molar-refractivity contribution in [3.8, 4) is 11.4 Å². The summed E-state index contributed by atoms with van der Waals surface area (Å²) in [4.78, 5) is 14.9. The average Bonchev–Trinajstić information content (AvgIpc) is 3.34. The first-order valence-corrected chi connectivity index (χ1v) is 12.2. The van der Waals surface area contributed by atoms with Gasteiger partial charge in [0.15, 0.2) is 11.5 Å². The molecule has 2 aromatic heterocycles. The van der Waals surface area contributed by atoms with Gasteiger partial charge in [0.2, 0.25) is 0 Å². The van der Waals surface area contributed by atoms with Gasteiger partial charge in [-0.05, 0) is 24.5 Å². The van der Waals surface area contributed by atoms with Crippen LogP contribution < -0.4 is 4.90 Å². The normalized spacial score (nSPS) is 17.9. The summed E-state index contributed by atoms with van der Waals surface area (Å²) < 4.78 is 7.74. The molecular weight excluding hydrogens is 424 g/mol. The lowest BCUT2D eigenvalue weighted by Gasteiger charge is -2.32. The Morgan fingerprint density at radius 1 is 0.912 bits per heavy atom. The number of ether oxygens (including phenoxy) is 1. The van der Waals surface area contributed by atoms with Gasteiger partial charge >= 0.3 is 0 Å². The molecule has 0 unspecified atom stereocenters. The first-order valence-electron chi connectivity index (χ1n) is 12.2. The van der Waals surface area contributed by atoms with Crippen LogP contribution in [0.4, 0.5) is 5.82 Å². The fraction of sp³-hybridized carbons (Fsp3) is 0.370. The number of hydrogen-bond acceptors (Lipinski definition) is 6. The first kappa shape index (κ1) is 21.3. The lowest BCUT2D eigenvalue weighted by Crippen LogP contribution is -2.37. The highest BCUT2D eigenvalue weighted by atomic mass is 16.5. The molecule has 7 heteroatoms. The van der Waals surface area contributed by atoms with E-state index in [-0.39, 0.29) is 0 Å². The highest BCUT2D eigenvalue weighted by Gasteiger charge is 2.26. The van der Waals surface area contributed by atoms with E-state index >= 15 is 0 Å². The predicted molar refractivity (Wildman–Crippen MR) is 133 cm³/mol. The fourth-order valence-electron chi connectivity index (χ4n) is 5.02. The fourth-order valence-corrected chi connectivity index (χ4v) is 5.02. The van der Waals surface area contributed by atoms with Crippen LogP contribution in [0.3, 0.4) is 0 Å². The summed E-state index contributed by atoms with van der Waals surface area (Å²) in [6.07, 6.45) is 4.09. The molecule has 0 bridgehead atoms. The maximum Gasteiger partial charge on any atom is 0.164 e. The minimum atomic E-state index is 0.342. The highest BCUT2D eigenvalue weighted by Crippen LogP contribution is 2.32. The van der Waals surface area contributed by atoms with E-state index in [2.05, 4.69) is 50.9 Å². The van der Waals surface area contributed by atoms with E-state index in [9.17, 15) is 0 Å². The van der Waals surface area contributed by atoms with Gasteiger partial charge in [0.25, 0.3) is 0 Å². The van der Waals surface area contributed by atoms with Crippen molar-refractivity contribution in [2.75, 3.05) is 44.3 Å². The van der Waals surface area contributed by atoms with Crippen molar-refractivity contribution in [1.82, 2.24) is 24.6 Å². The summed E-state index contributed by atoms with van der Waals surface area (Å²) in [5, 5.41) is 5.88. The Morgan fingerprint density at radius 3 is 2.44 bits per heavy atom. The van der Waals surface area contributed by atoms with E-state index in [0.29, 0.717) is 6.04 Å². The van der Waals surface area contributed by atoms with Gasteiger partial charge in [0.05, 0.1) is 30.8 Å². The second kappa shape index (κ2) is 9.52. The summed E-state index contributed by atoms with van der Waals surface area (Å²) in [5.41, 5.74) is 3.31.